The molecule has 0 saturated heterocycles. The summed E-state index contributed by atoms with van der Waals surface area (Å²) in [6.45, 7) is 5.17. The molecule has 0 aliphatic carbocycles. The molecule has 10 nitrogen and oxygen atoms in total. The number of nitrogens with zero attached hydrogens (tertiary/aromatic N) is 1. The minimum absolute atomic E-state index is 0.0145. The van der Waals surface area contributed by atoms with Gasteiger partial charge in [0.2, 0.25) is 0 Å². The van der Waals surface area contributed by atoms with Crippen LogP contribution in [0.1, 0.15) is 5.56 Å². The fourth-order valence-corrected chi connectivity index (χ4v) is 2.70. The Balaban J connectivity index is 2.26. The van der Waals surface area contributed by atoms with Crippen LogP contribution in [0.3, 0.4) is 0 Å². The Hall–Kier alpha value is -0.960. The highest BCUT2D eigenvalue weighted by atomic mass is 32.2. The number of anilines is 1. The summed E-state index contributed by atoms with van der Waals surface area (Å²) >= 11 is -5.05. The maximum atomic E-state index is 10.3. The molecular weight excluding hydrogens is 426 g/mol. The predicted molar refractivity (Wildman–Crippen MR) is 106 cm³/mol. The number of aryl methyl sites for hydroxylation is 1. The molecule has 0 heterocycles. The number of ether oxygens (including phenoxy) is 3. The monoisotopic (exact) mass is 453 g/mol. The average Bonchev–Trinajstić information content (AvgIpc) is 2.67. The summed E-state index contributed by atoms with van der Waals surface area (Å²) in [6, 6.07) is 8.05. The van der Waals surface area contributed by atoms with E-state index in [1.807, 2.05) is 25.1 Å². The predicted octanol–water partition coefficient (Wildman–Crippen LogP) is 0.473. The van der Waals surface area contributed by atoms with E-state index >= 15 is 0 Å². The zero-order valence-electron chi connectivity index (χ0n) is 16.3. The largest absolute Gasteiger partial charge is 0.750 e. The highest BCUT2D eigenvalue weighted by molar-refractivity contribution is 7.74. The van der Waals surface area contributed by atoms with Crippen LogP contribution in [0.25, 0.3) is 0 Å². The van der Waals surface area contributed by atoms with Crippen LogP contribution in [0, 0.1) is 6.92 Å². The van der Waals surface area contributed by atoms with Gasteiger partial charge in [-0.3, -0.25) is 8.37 Å². The molecule has 0 fully saturated rings. The Morgan fingerprint density at radius 2 is 1.28 bits per heavy atom. The van der Waals surface area contributed by atoms with Crippen LogP contribution in [0.5, 0.6) is 0 Å². The Labute approximate surface area is 176 Å². The molecule has 1 aromatic rings. The number of hydrogen-bond acceptors (Lipinski definition) is 10. The molecular formula is C17H27NO9S2-2. The van der Waals surface area contributed by atoms with E-state index in [0.717, 1.165) is 11.3 Å². The molecule has 2 unspecified atom stereocenters. The van der Waals surface area contributed by atoms with Gasteiger partial charge in [0.1, 0.15) is 0 Å². The van der Waals surface area contributed by atoms with Crippen molar-refractivity contribution in [3.8, 4) is 0 Å². The van der Waals surface area contributed by atoms with Crippen LogP contribution in [0.4, 0.5) is 5.69 Å². The van der Waals surface area contributed by atoms with E-state index in [1.54, 1.807) is 0 Å². The van der Waals surface area contributed by atoms with E-state index in [4.69, 9.17) is 14.2 Å². The smallest absolute Gasteiger partial charge is 0.0862 e. The van der Waals surface area contributed by atoms with Crippen LogP contribution in [0.2, 0.25) is 0 Å². The summed E-state index contributed by atoms with van der Waals surface area (Å²) in [5.74, 6) is 0. The normalized spacial score (nSPS) is 13.3. The van der Waals surface area contributed by atoms with Crippen LogP contribution < -0.4 is 4.90 Å². The zero-order chi connectivity index (χ0) is 21.3. The Kier molecular flexibility index (Phi) is 15.1. The first kappa shape index (κ1) is 26.1. The molecule has 1 aromatic carbocycles. The molecule has 0 amide bonds. The molecule has 0 N–H and O–H groups in total. The second kappa shape index (κ2) is 16.8. The number of hydrogen-bond donors (Lipinski definition) is 0. The van der Waals surface area contributed by atoms with Gasteiger partial charge >= 0.3 is 0 Å². The fourth-order valence-electron chi connectivity index (χ4n) is 2.29. The summed E-state index contributed by atoms with van der Waals surface area (Å²) in [7, 11) is 0. The number of benzene rings is 1. The molecule has 0 aliphatic rings. The highest BCUT2D eigenvalue weighted by Gasteiger charge is 2.07. The van der Waals surface area contributed by atoms with Gasteiger partial charge in [0, 0.05) is 18.8 Å². The zero-order valence-corrected chi connectivity index (χ0v) is 18.0. The molecule has 0 aliphatic heterocycles. The highest BCUT2D eigenvalue weighted by Crippen LogP contribution is 2.15. The second-order valence-corrected chi connectivity index (χ2v) is 7.00. The van der Waals surface area contributed by atoms with Gasteiger partial charge in [-0.1, -0.05) is 12.1 Å². The minimum Gasteiger partial charge on any atom is -0.750 e. The van der Waals surface area contributed by atoms with Gasteiger partial charge in [-0.05, 0) is 24.6 Å². The van der Waals surface area contributed by atoms with Crippen molar-refractivity contribution in [2.75, 3.05) is 70.8 Å². The summed E-state index contributed by atoms with van der Waals surface area (Å²) in [5, 5.41) is 0. The van der Waals surface area contributed by atoms with E-state index in [0.29, 0.717) is 39.5 Å². The van der Waals surface area contributed by atoms with E-state index < -0.39 is 22.7 Å². The first-order valence-electron chi connectivity index (χ1n) is 8.99. The number of rotatable bonds is 18. The minimum atomic E-state index is -2.53. The van der Waals surface area contributed by atoms with Gasteiger partial charge in [0.15, 0.2) is 0 Å². The molecule has 2 atom stereocenters. The third-order valence-corrected chi connectivity index (χ3v) is 4.28. The molecule has 0 saturated carbocycles. The second-order valence-electron chi connectivity index (χ2n) is 5.72. The van der Waals surface area contributed by atoms with Crippen LogP contribution in [-0.2, 0) is 45.3 Å². The maximum Gasteiger partial charge on any atom is 0.0862 e. The van der Waals surface area contributed by atoms with Crippen molar-refractivity contribution in [1.82, 2.24) is 0 Å². The Bertz CT molecular complexity index is 606. The summed E-state index contributed by atoms with van der Waals surface area (Å²) in [6.07, 6.45) is 0. The molecule has 1 rings (SSSR count). The lowest BCUT2D eigenvalue weighted by Crippen LogP contribution is -2.31. The van der Waals surface area contributed by atoms with Crippen molar-refractivity contribution in [2.24, 2.45) is 0 Å². The lowest BCUT2D eigenvalue weighted by atomic mass is 10.2. The van der Waals surface area contributed by atoms with E-state index in [1.165, 1.54) is 0 Å². The van der Waals surface area contributed by atoms with E-state index in [9.17, 15) is 17.5 Å². The van der Waals surface area contributed by atoms with Crippen molar-refractivity contribution >= 4 is 28.4 Å². The first-order chi connectivity index (χ1) is 14.0. The first-order valence-corrected chi connectivity index (χ1v) is 11.0. The van der Waals surface area contributed by atoms with Gasteiger partial charge in [0.05, 0.1) is 75.6 Å². The lowest BCUT2D eigenvalue weighted by molar-refractivity contribution is 0.0385. The molecule has 0 aromatic heterocycles. The molecule has 12 heteroatoms. The molecule has 168 valence electrons. The third-order valence-electron chi connectivity index (χ3n) is 3.56. The van der Waals surface area contributed by atoms with Crippen molar-refractivity contribution in [2.45, 2.75) is 6.92 Å². The summed E-state index contributed by atoms with van der Waals surface area (Å²) in [4.78, 5) is 2.11. The van der Waals surface area contributed by atoms with Crippen molar-refractivity contribution in [3.05, 3.63) is 29.8 Å². The van der Waals surface area contributed by atoms with E-state index in [-0.39, 0.29) is 26.4 Å². The average molecular weight is 454 g/mol. The van der Waals surface area contributed by atoms with Crippen LogP contribution in [-0.4, -0.2) is 83.5 Å². The van der Waals surface area contributed by atoms with Gasteiger partial charge in [0.25, 0.3) is 0 Å². The lowest BCUT2D eigenvalue weighted by Gasteiger charge is -2.25. The van der Waals surface area contributed by atoms with Crippen LogP contribution in [0.15, 0.2) is 24.3 Å². The molecule has 0 bridgehead atoms. The van der Waals surface area contributed by atoms with Crippen molar-refractivity contribution < 1.29 is 40.1 Å². The van der Waals surface area contributed by atoms with E-state index in [2.05, 4.69) is 19.3 Å². The summed E-state index contributed by atoms with van der Waals surface area (Å²) < 4.78 is 65.8. The van der Waals surface area contributed by atoms with Gasteiger partial charge in [-0.25, -0.2) is 8.42 Å². The van der Waals surface area contributed by atoms with Gasteiger partial charge in [-0.2, -0.15) is 0 Å². The fraction of sp³-hybridized carbons (Fsp3) is 0.647. The summed E-state index contributed by atoms with van der Waals surface area (Å²) in [5.41, 5.74) is 2.17. The van der Waals surface area contributed by atoms with Gasteiger partial charge in [-0.15, -0.1) is 0 Å². The molecule has 0 spiro atoms. The third kappa shape index (κ3) is 14.6. The Morgan fingerprint density at radius 3 is 1.76 bits per heavy atom. The topological polar surface area (TPSA) is 130 Å². The molecule has 0 radical (unpaired) electrons. The van der Waals surface area contributed by atoms with Crippen LogP contribution >= 0.6 is 0 Å². The Morgan fingerprint density at radius 1 is 0.793 bits per heavy atom. The van der Waals surface area contributed by atoms with Gasteiger partial charge < -0.3 is 28.2 Å². The maximum absolute atomic E-state index is 10.3. The SMILES string of the molecule is Cc1cccc(N(CCOCCOCCOS(=O)[O-])CCOCCOS(=O)[O-])c1. The standard InChI is InChI=1S/C17H29NO9S2/c1-16-3-2-4-17(15-16)18(6-8-24-11-13-26-28(19)20)5-7-23-9-10-25-12-14-27-29(21)22/h2-4,15H,5-14H2,1H3,(H,19,20)(H,21,22)/p-2. The quantitative estimate of drug-likeness (QED) is 0.228. The van der Waals surface area contributed by atoms with Crippen molar-refractivity contribution in [3.63, 3.8) is 0 Å². The van der Waals surface area contributed by atoms with Crippen molar-refractivity contribution in [1.29, 1.82) is 0 Å². The molecule has 29 heavy (non-hydrogen) atoms.